The molecule has 0 bridgehead atoms. The summed E-state index contributed by atoms with van der Waals surface area (Å²) in [7, 11) is 1.66. The second kappa shape index (κ2) is 7.57. The van der Waals surface area contributed by atoms with E-state index in [9.17, 15) is 9.59 Å². The SMILES string of the molecule is CCn1c(C2CCCN(C(=O)Nc3ccc4c(c3)OCCO4)C2)nn(C)c1=O. The van der Waals surface area contributed by atoms with E-state index < -0.39 is 0 Å². The van der Waals surface area contributed by atoms with Crippen LogP contribution in [0.15, 0.2) is 23.0 Å². The molecule has 9 nitrogen and oxygen atoms in total. The van der Waals surface area contributed by atoms with Crippen molar-refractivity contribution >= 4 is 11.7 Å². The summed E-state index contributed by atoms with van der Waals surface area (Å²) in [6.45, 7) is 4.75. The zero-order valence-corrected chi connectivity index (χ0v) is 16.2. The van der Waals surface area contributed by atoms with Gasteiger partial charge < -0.3 is 19.7 Å². The van der Waals surface area contributed by atoms with Crippen LogP contribution in [0, 0.1) is 0 Å². The molecule has 0 saturated carbocycles. The van der Waals surface area contributed by atoms with Gasteiger partial charge in [0.15, 0.2) is 11.5 Å². The molecule has 150 valence electrons. The number of aromatic nitrogens is 3. The number of benzene rings is 1. The van der Waals surface area contributed by atoms with Gasteiger partial charge in [-0.3, -0.25) is 4.57 Å². The van der Waals surface area contributed by atoms with Gasteiger partial charge in [0.05, 0.1) is 0 Å². The fourth-order valence-corrected chi connectivity index (χ4v) is 3.82. The zero-order chi connectivity index (χ0) is 19.7. The average Bonchev–Trinajstić information content (AvgIpc) is 3.02. The Kier molecular flexibility index (Phi) is 4.97. The predicted molar refractivity (Wildman–Crippen MR) is 103 cm³/mol. The molecule has 4 rings (SSSR count). The maximum atomic E-state index is 12.8. The molecule has 28 heavy (non-hydrogen) atoms. The summed E-state index contributed by atoms with van der Waals surface area (Å²) in [6, 6.07) is 5.22. The Morgan fingerprint density at radius 1 is 1.29 bits per heavy atom. The van der Waals surface area contributed by atoms with Crippen LogP contribution in [0.4, 0.5) is 10.5 Å². The number of carbonyl (C=O) groups excluding carboxylic acids is 1. The number of carbonyl (C=O) groups is 1. The second-order valence-corrected chi connectivity index (χ2v) is 7.08. The number of anilines is 1. The molecule has 3 heterocycles. The molecule has 0 spiro atoms. The van der Waals surface area contributed by atoms with E-state index in [4.69, 9.17) is 9.47 Å². The molecule has 1 fully saturated rings. The maximum absolute atomic E-state index is 12.8. The second-order valence-electron chi connectivity index (χ2n) is 7.08. The minimum absolute atomic E-state index is 0.0496. The fraction of sp³-hybridized carbons (Fsp3) is 0.526. The summed E-state index contributed by atoms with van der Waals surface area (Å²) in [5.74, 6) is 2.14. The number of nitrogens with one attached hydrogen (secondary N) is 1. The maximum Gasteiger partial charge on any atom is 0.345 e. The summed E-state index contributed by atoms with van der Waals surface area (Å²) < 4.78 is 14.1. The van der Waals surface area contributed by atoms with Crippen LogP contribution in [0.5, 0.6) is 11.5 Å². The quantitative estimate of drug-likeness (QED) is 0.867. The number of hydrogen-bond donors (Lipinski definition) is 1. The lowest BCUT2D eigenvalue weighted by molar-refractivity contribution is 0.171. The van der Waals surface area contributed by atoms with E-state index in [-0.39, 0.29) is 17.6 Å². The lowest BCUT2D eigenvalue weighted by Gasteiger charge is -2.32. The number of aryl methyl sites for hydroxylation is 1. The molecule has 2 aliphatic rings. The van der Waals surface area contributed by atoms with Crippen molar-refractivity contribution in [2.75, 3.05) is 31.6 Å². The number of rotatable bonds is 3. The Bertz CT molecular complexity index is 935. The zero-order valence-electron chi connectivity index (χ0n) is 16.2. The smallest absolute Gasteiger partial charge is 0.345 e. The average molecular weight is 387 g/mol. The van der Waals surface area contributed by atoms with Crippen molar-refractivity contribution in [1.29, 1.82) is 0 Å². The topological polar surface area (TPSA) is 90.6 Å². The first-order chi connectivity index (χ1) is 13.6. The Labute approximate surface area is 162 Å². The van der Waals surface area contributed by atoms with Crippen molar-refractivity contribution in [3.05, 3.63) is 34.5 Å². The van der Waals surface area contributed by atoms with E-state index in [1.54, 1.807) is 34.7 Å². The molecule has 0 aliphatic carbocycles. The lowest BCUT2D eigenvalue weighted by Crippen LogP contribution is -2.42. The molecule has 1 N–H and O–H groups in total. The number of hydrogen-bond acceptors (Lipinski definition) is 5. The van der Waals surface area contributed by atoms with Crippen LogP contribution >= 0.6 is 0 Å². The normalized spacial score (nSPS) is 18.8. The van der Waals surface area contributed by atoms with Gasteiger partial charge in [0, 0.05) is 44.4 Å². The third-order valence-electron chi connectivity index (χ3n) is 5.22. The molecule has 1 saturated heterocycles. The van der Waals surface area contributed by atoms with Gasteiger partial charge in [-0.15, -0.1) is 0 Å². The van der Waals surface area contributed by atoms with Crippen LogP contribution in [0.2, 0.25) is 0 Å². The van der Waals surface area contributed by atoms with Gasteiger partial charge in [-0.05, 0) is 31.9 Å². The van der Waals surface area contributed by atoms with Gasteiger partial charge in [-0.2, -0.15) is 5.10 Å². The van der Waals surface area contributed by atoms with E-state index in [0.29, 0.717) is 50.0 Å². The fourth-order valence-electron chi connectivity index (χ4n) is 3.82. The molecule has 2 amide bonds. The number of urea groups is 1. The minimum Gasteiger partial charge on any atom is -0.486 e. The van der Waals surface area contributed by atoms with Crippen LogP contribution in [0.1, 0.15) is 31.5 Å². The molecule has 1 atom stereocenters. The van der Waals surface area contributed by atoms with Crippen molar-refractivity contribution < 1.29 is 14.3 Å². The Morgan fingerprint density at radius 3 is 2.86 bits per heavy atom. The molecular formula is C19H25N5O4. The predicted octanol–water partition coefficient (Wildman–Crippen LogP) is 1.78. The number of piperidine rings is 1. The van der Waals surface area contributed by atoms with Gasteiger partial charge in [0.2, 0.25) is 0 Å². The van der Waals surface area contributed by atoms with Crippen LogP contribution in [0.3, 0.4) is 0 Å². The highest BCUT2D eigenvalue weighted by Gasteiger charge is 2.29. The van der Waals surface area contributed by atoms with E-state index in [1.807, 2.05) is 6.92 Å². The first-order valence-corrected chi connectivity index (χ1v) is 9.66. The Balaban J connectivity index is 1.47. The van der Waals surface area contributed by atoms with Crippen LogP contribution in [-0.4, -0.2) is 51.6 Å². The highest BCUT2D eigenvalue weighted by Crippen LogP contribution is 2.33. The summed E-state index contributed by atoms with van der Waals surface area (Å²) in [4.78, 5) is 26.8. The minimum atomic E-state index is -0.164. The number of fused-ring (bicyclic) bond motifs is 1. The van der Waals surface area contributed by atoms with Gasteiger partial charge in [-0.25, -0.2) is 14.3 Å². The van der Waals surface area contributed by atoms with Crippen molar-refractivity contribution in [2.45, 2.75) is 32.2 Å². The van der Waals surface area contributed by atoms with Gasteiger partial charge >= 0.3 is 11.7 Å². The monoisotopic (exact) mass is 387 g/mol. The molecule has 2 aliphatic heterocycles. The Morgan fingerprint density at radius 2 is 2.07 bits per heavy atom. The molecule has 9 heteroatoms. The summed E-state index contributed by atoms with van der Waals surface area (Å²) in [6.07, 6.45) is 1.78. The van der Waals surface area contributed by atoms with E-state index >= 15 is 0 Å². The van der Waals surface area contributed by atoms with E-state index in [2.05, 4.69) is 10.4 Å². The van der Waals surface area contributed by atoms with Crippen LogP contribution in [0.25, 0.3) is 0 Å². The third kappa shape index (κ3) is 3.44. The third-order valence-corrected chi connectivity index (χ3v) is 5.22. The van der Waals surface area contributed by atoms with Crippen molar-refractivity contribution in [2.24, 2.45) is 7.05 Å². The number of likely N-dealkylation sites (tertiary alicyclic amines) is 1. The van der Waals surface area contributed by atoms with Gasteiger partial charge in [0.1, 0.15) is 19.0 Å². The molecule has 1 aromatic carbocycles. The Hall–Kier alpha value is -2.97. The first kappa shape index (κ1) is 18.4. The lowest BCUT2D eigenvalue weighted by atomic mass is 9.97. The standard InChI is InChI=1S/C19H25N5O4/c1-3-24-17(21-22(2)19(24)26)13-5-4-8-23(12-13)18(25)20-14-6-7-15-16(11-14)28-10-9-27-15/h6-7,11,13H,3-5,8-10,12H2,1-2H3,(H,20,25). The van der Waals surface area contributed by atoms with E-state index in [1.165, 1.54) is 4.68 Å². The van der Waals surface area contributed by atoms with Gasteiger partial charge in [-0.1, -0.05) is 0 Å². The number of nitrogens with zero attached hydrogens (tertiary/aromatic N) is 4. The summed E-state index contributed by atoms with van der Waals surface area (Å²) in [5.41, 5.74) is 0.551. The van der Waals surface area contributed by atoms with E-state index in [0.717, 1.165) is 18.7 Å². The summed E-state index contributed by atoms with van der Waals surface area (Å²) >= 11 is 0. The number of amides is 2. The molecule has 1 unspecified atom stereocenters. The number of ether oxygens (including phenoxy) is 2. The molecular weight excluding hydrogens is 362 g/mol. The molecule has 0 radical (unpaired) electrons. The van der Waals surface area contributed by atoms with Crippen molar-refractivity contribution in [1.82, 2.24) is 19.2 Å². The van der Waals surface area contributed by atoms with Crippen molar-refractivity contribution in [3.8, 4) is 11.5 Å². The van der Waals surface area contributed by atoms with Crippen molar-refractivity contribution in [3.63, 3.8) is 0 Å². The first-order valence-electron chi connectivity index (χ1n) is 9.66. The van der Waals surface area contributed by atoms with Crippen LogP contribution < -0.4 is 20.5 Å². The van der Waals surface area contributed by atoms with Gasteiger partial charge in [0.25, 0.3) is 0 Å². The molecule has 1 aromatic heterocycles. The van der Waals surface area contributed by atoms with Crippen LogP contribution in [-0.2, 0) is 13.6 Å². The summed E-state index contributed by atoms with van der Waals surface area (Å²) in [5, 5.41) is 7.35. The highest BCUT2D eigenvalue weighted by molar-refractivity contribution is 5.89. The molecule has 2 aromatic rings. The highest BCUT2D eigenvalue weighted by atomic mass is 16.6. The largest absolute Gasteiger partial charge is 0.486 e.